The molecule has 1 aromatic carbocycles. The minimum absolute atomic E-state index is 0.0463. The van der Waals surface area contributed by atoms with Crippen molar-refractivity contribution in [3.63, 3.8) is 0 Å². The van der Waals surface area contributed by atoms with Gasteiger partial charge in [0.05, 0.1) is 6.04 Å². The van der Waals surface area contributed by atoms with Gasteiger partial charge in [0.25, 0.3) is 0 Å². The van der Waals surface area contributed by atoms with Crippen LogP contribution in [-0.4, -0.2) is 18.5 Å². The highest BCUT2D eigenvalue weighted by molar-refractivity contribution is 5.95. The zero-order chi connectivity index (χ0) is 14.5. The number of amides is 1. The molecule has 1 heterocycles. The van der Waals surface area contributed by atoms with Crippen molar-refractivity contribution in [3.8, 4) is 0 Å². The van der Waals surface area contributed by atoms with Gasteiger partial charge in [-0.05, 0) is 56.8 Å². The summed E-state index contributed by atoms with van der Waals surface area (Å²) in [5.41, 5.74) is 3.50. The molecule has 1 aliphatic rings. The van der Waals surface area contributed by atoms with Gasteiger partial charge in [-0.1, -0.05) is 30.7 Å². The number of nitrogens with one attached hydrogen (secondary N) is 2. The van der Waals surface area contributed by atoms with E-state index in [-0.39, 0.29) is 11.9 Å². The average molecular weight is 272 g/mol. The molecular formula is C17H24N2O. The molecule has 0 radical (unpaired) electrons. The molecule has 1 fully saturated rings. The molecule has 2 unspecified atom stereocenters. The zero-order valence-electron chi connectivity index (χ0n) is 12.6. The van der Waals surface area contributed by atoms with Gasteiger partial charge in [0.2, 0.25) is 5.91 Å². The van der Waals surface area contributed by atoms with Crippen molar-refractivity contribution in [1.29, 1.82) is 0 Å². The van der Waals surface area contributed by atoms with E-state index in [0.717, 1.165) is 25.1 Å². The van der Waals surface area contributed by atoms with Crippen molar-refractivity contribution in [2.45, 2.75) is 39.7 Å². The standard InChI is InChI=1S/C17H24N2O/c1-4-12(2)9-14-5-7-15(8-6-14)19-17(20)16-10-13(3)11-18-16/h4-8,13,16,18H,9-11H2,1-3H3,(H,19,20). The van der Waals surface area contributed by atoms with Crippen molar-refractivity contribution >= 4 is 11.6 Å². The normalized spacial score (nSPS) is 22.9. The third-order valence-electron chi connectivity index (χ3n) is 3.86. The fourth-order valence-electron chi connectivity index (χ4n) is 2.47. The zero-order valence-corrected chi connectivity index (χ0v) is 12.6. The van der Waals surface area contributed by atoms with Crippen LogP contribution >= 0.6 is 0 Å². The topological polar surface area (TPSA) is 41.1 Å². The molecule has 0 spiro atoms. The van der Waals surface area contributed by atoms with E-state index < -0.39 is 0 Å². The Morgan fingerprint density at radius 2 is 2.10 bits per heavy atom. The quantitative estimate of drug-likeness (QED) is 0.827. The van der Waals surface area contributed by atoms with E-state index in [1.807, 2.05) is 12.1 Å². The van der Waals surface area contributed by atoms with E-state index >= 15 is 0 Å². The summed E-state index contributed by atoms with van der Waals surface area (Å²) in [6.07, 6.45) is 4.01. The summed E-state index contributed by atoms with van der Waals surface area (Å²) in [6, 6.07) is 8.07. The van der Waals surface area contributed by atoms with Crippen LogP contribution in [0.25, 0.3) is 0 Å². The Morgan fingerprint density at radius 3 is 2.65 bits per heavy atom. The molecular weight excluding hydrogens is 248 g/mol. The second-order valence-electron chi connectivity index (χ2n) is 5.80. The predicted octanol–water partition coefficient (Wildman–Crippen LogP) is 3.13. The van der Waals surface area contributed by atoms with E-state index in [4.69, 9.17) is 0 Å². The Labute approximate surface area is 121 Å². The van der Waals surface area contributed by atoms with Crippen molar-refractivity contribution < 1.29 is 4.79 Å². The molecule has 0 saturated carbocycles. The Hall–Kier alpha value is -1.61. The number of allylic oxidation sites excluding steroid dienone is 2. The Morgan fingerprint density at radius 1 is 1.40 bits per heavy atom. The van der Waals surface area contributed by atoms with Crippen LogP contribution in [0, 0.1) is 5.92 Å². The van der Waals surface area contributed by atoms with Crippen molar-refractivity contribution in [1.82, 2.24) is 5.32 Å². The third kappa shape index (κ3) is 3.94. The van der Waals surface area contributed by atoms with Gasteiger partial charge in [-0.15, -0.1) is 0 Å². The predicted molar refractivity (Wildman–Crippen MR) is 83.8 cm³/mol. The lowest BCUT2D eigenvalue weighted by Gasteiger charge is -2.11. The average Bonchev–Trinajstić information content (AvgIpc) is 2.87. The number of rotatable bonds is 4. The lowest BCUT2D eigenvalue weighted by atomic mass is 10.1. The maximum Gasteiger partial charge on any atom is 0.241 e. The molecule has 2 atom stereocenters. The van der Waals surface area contributed by atoms with E-state index in [2.05, 4.69) is 49.6 Å². The molecule has 0 aliphatic carbocycles. The molecule has 108 valence electrons. The summed E-state index contributed by atoms with van der Waals surface area (Å²) in [7, 11) is 0. The van der Waals surface area contributed by atoms with Gasteiger partial charge in [0, 0.05) is 5.69 Å². The van der Waals surface area contributed by atoms with Gasteiger partial charge in [0.1, 0.15) is 0 Å². The molecule has 2 rings (SSSR count). The number of carbonyl (C=O) groups excluding carboxylic acids is 1. The summed E-state index contributed by atoms with van der Waals surface area (Å²) in [6.45, 7) is 7.28. The summed E-state index contributed by atoms with van der Waals surface area (Å²) in [5.74, 6) is 0.656. The molecule has 0 aromatic heterocycles. The SMILES string of the molecule is CC=C(C)Cc1ccc(NC(=O)C2CC(C)CN2)cc1. The van der Waals surface area contributed by atoms with Gasteiger partial charge in [-0.25, -0.2) is 0 Å². The molecule has 3 heteroatoms. The van der Waals surface area contributed by atoms with Crippen LogP contribution < -0.4 is 10.6 Å². The number of benzene rings is 1. The number of hydrogen-bond acceptors (Lipinski definition) is 2. The highest BCUT2D eigenvalue weighted by Crippen LogP contribution is 2.16. The molecule has 1 amide bonds. The fraction of sp³-hybridized carbons (Fsp3) is 0.471. The lowest BCUT2D eigenvalue weighted by Crippen LogP contribution is -2.35. The maximum absolute atomic E-state index is 12.1. The summed E-state index contributed by atoms with van der Waals surface area (Å²) in [5, 5.41) is 6.23. The van der Waals surface area contributed by atoms with Crippen LogP contribution in [0.1, 0.15) is 32.8 Å². The van der Waals surface area contributed by atoms with Crippen molar-refractivity contribution in [2.75, 3.05) is 11.9 Å². The molecule has 20 heavy (non-hydrogen) atoms. The van der Waals surface area contributed by atoms with Crippen LogP contribution in [0.15, 0.2) is 35.9 Å². The molecule has 3 nitrogen and oxygen atoms in total. The first-order valence-electron chi connectivity index (χ1n) is 7.33. The minimum atomic E-state index is -0.0463. The number of carbonyl (C=O) groups is 1. The number of anilines is 1. The summed E-state index contributed by atoms with van der Waals surface area (Å²) >= 11 is 0. The monoisotopic (exact) mass is 272 g/mol. The van der Waals surface area contributed by atoms with E-state index in [0.29, 0.717) is 5.92 Å². The largest absolute Gasteiger partial charge is 0.325 e. The van der Waals surface area contributed by atoms with Gasteiger partial charge in [-0.2, -0.15) is 0 Å². The fourth-order valence-corrected chi connectivity index (χ4v) is 2.47. The van der Waals surface area contributed by atoms with Gasteiger partial charge >= 0.3 is 0 Å². The van der Waals surface area contributed by atoms with Crippen LogP contribution in [0.5, 0.6) is 0 Å². The second kappa shape index (κ2) is 6.71. The summed E-state index contributed by atoms with van der Waals surface area (Å²) < 4.78 is 0. The first-order valence-corrected chi connectivity index (χ1v) is 7.33. The first kappa shape index (κ1) is 14.8. The maximum atomic E-state index is 12.1. The van der Waals surface area contributed by atoms with Crippen molar-refractivity contribution in [2.24, 2.45) is 5.92 Å². The van der Waals surface area contributed by atoms with Gasteiger partial charge in [0.15, 0.2) is 0 Å². The van der Waals surface area contributed by atoms with E-state index in [1.165, 1.54) is 11.1 Å². The van der Waals surface area contributed by atoms with E-state index in [9.17, 15) is 4.79 Å². The van der Waals surface area contributed by atoms with Gasteiger partial charge in [-0.3, -0.25) is 4.79 Å². The van der Waals surface area contributed by atoms with Crippen LogP contribution in [0.2, 0.25) is 0 Å². The molecule has 1 saturated heterocycles. The highest BCUT2D eigenvalue weighted by Gasteiger charge is 2.26. The smallest absolute Gasteiger partial charge is 0.241 e. The minimum Gasteiger partial charge on any atom is -0.325 e. The first-order chi connectivity index (χ1) is 9.58. The summed E-state index contributed by atoms with van der Waals surface area (Å²) in [4.78, 5) is 12.1. The van der Waals surface area contributed by atoms with Gasteiger partial charge < -0.3 is 10.6 Å². The van der Waals surface area contributed by atoms with Crippen LogP contribution in [0.4, 0.5) is 5.69 Å². The highest BCUT2D eigenvalue weighted by atomic mass is 16.2. The molecule has 2 N–H and O–H groups in total. The Kier molecular flexibility index (Phi) is 4.96. The third-order valence-corrected chi connectivity index (χ3v) is 3.86. The number of hydrogen-bond donors (Lipinski definition) is 2. The van der Waals surface area contributed by atoms with E-state index in [1.54, 1.807) is 0 Å². The van der Waals surface area contributed by atoms with Crippen molar-refractivity contribution in [3.05, 3.63) is 41.5 Å². The Balaban J connectivity index is 1.92. The van der Waals surface area contributed by atoms with Crippen LogP contribution in [-0.2, 0) is 11.2 Å². The molecule has 0 bridgehead atoms. The lowest BCUT2D eigenvalue weighted by molar-refractivity contribution is -0.117. The molecule has 1 aromatic rings. The second-order valence-corrected chi connectivity index (χ2v) is 5.80. The Bertz CT molecular complexity index is 490. The van der Waals surface area contributed by atoms with Crippen LogP contribution in [0.3, 0.4) is 0 Å². The molecule has 1 aliphatic heterocycles.